The third-order valence-electron chi connectivity index (χ3n) is 2.43. The third kappa shape index (κ3) is 3.34. The fourth-order valence-electron chi connectivity index (χ4n) is 1.46. The Morgan fingerprint density at radius 3 is 2.21 bits per heavy atom. The topological polar surface area (TPSA) is 26.3 Å². The fraction of sp³-hybridized carbons (Fsp3) is 0.0714. The van der Waals surface area contributed by atoms with Gasteiger partial charge in [0.15, 0.2) is 0 Å². The molecular formula is C14H9F3O2. The van der Waals surface area contributed by atoms with Crippen LogP contribution in [0.2, 0.25) is 0 Å². The number of esters is 1. The van der Waals surface area contributed by atoms with Crippen LogP contribution in [-0.4, -0.2) is 5.97 Å². The molecule has 0 spiro atoms. The molecule has 19 heavy (non-hydrogen) atoms. The maximum absolute atomic E-state index is 13.3. The lowest BCUT2D eigenvalue weighted by atomic mass is 10.2. The minimum Gasteiger partial charge on any atom is -0.457 e. The van der Waals surface area contributed by atoms with E-state index in [0.717, 1.165) is 12.1 Å². The summed E-state index contributed by atoms with van der Waals surface area (Å²) in [5, 5.41) is 0. The molecule has 0 N–H and O–H groups in total. The maximum Gasteiger partial charge on any atom is 0.341 e. The van der Waals surface area contributed by atoms with E-state index < -0.39 is 23.4 Å². The van der Waals surface area contributed by atoms with Gasteiger partial charge in [0.05, 0.1) is 5.56 Å². The number of hydrogen-bond acceptors (Lipinski definition) is 2. The van der Waals surface area contributed by atoms with Crippen molar-refractivity contribution >= 4 is 5.97 Å². The molecule has 98 valence electrons. The van der Waals surface area contributed by atoms with Crippen molar-refractivity contribution in [2.75, 3.05) is 0 Å². The lowest BCUT2D eigenvalue weighted by Crippen LogP contribution is -2.07. The van der Waals surface area contributed by atoms with Crippen LogP contribution in [0.1, 0.15) is 15.9 Å². The third-order valence-corrected chi connectivity index (χ3v) is 2.43. The molecule has 2 nitrogen and oxygen atoms in total. The first kappa shape index (κ1) is 13.1. The second-order valence-electron chi connectivity index (χ2n) is 3.83. The lowest BCUT2D eigenvalue weighted by molar-refractivity contribution is 0.0467. The Balaban J connectivity index is 2.03. The first-order valence-corrected chi connectivity index (χ1v) is 5.43. The minimum atomic E-state index is -0.982. The van der Waals surface area contributed by atoms with Crippen molar-refractivity contribution in [3.8, 4) is 0 Å². The second-order valence-corrected chi connectivity index (χ2v) is 3.83. The van der Waals surface area contributed by atoms with E-state index in [2.05, 4.69) is 0 Å². The van der Waals surface area contributed by atoms with Gasteiger partial charge >= 0.3 is 5.97 Å². The van der Waals surface area contributed by atoms with Gasteiger partial charge in [-0.25, -0.2) is 18.0 Å². The standard InChI is InChI=1S/C14H9F3O2/c15-10-3-1-9(2-4-10)8-19-14(18)12-6-5-11(16)7-13(12)17/h1-7H,8H2. The molecule has 2 rings (SSSR count). The number of rotatable bonds is 3. The molecule has 2 aromatic carbocycles. The van der Waals surface area contributed by atoms with Crippen LogP contribution < -0.4 is 0 Å². The number of carbonyl (C=O) groups excluding carboxylic acids is 1. The highest BCUT2D eigenvalue weighted by Crippen LogP contribution is 2.12. The molecule has 0 radical (unpaired) electrons. The Labute approximate surface area is 107 Å². The van der Waals surface area contributed by atoms with Gasteiger partial charge in [-0.15, -0.1) is 0 Å². The van der Waals surface area contributed by atoms with Crippen LogP contribution in [0.5, 0.6) is 0 Å². The van der Waals surface area contributed by atoms with Crippen LogP contribution in [0.15, 0.2) is 42.5 Å². The number of halogens is 3. The predicted molar refractivity (Wildman–Crippen MR) is 61.9 cm³/mol. The van der Waals surface area contributed by atoms with Crippen LogP contribution in [0.25, 0.3) is 0 Å². The Kier molecular flexibility index (Phi) is 3.85. The van der Waals surface area contributed by atoms with Crippen LogP contribution in [0.3, 0.4) is 0 Å². The normalized spacial score (nSPS) is 10.3. The highest BCUT2D eigenvalue weighted by Gasteiger charge is 2.13. The first-order valence-electron chi connectivity index (χ1n) is 5.43. The molecule has 5 heteroatoms. The largest absolute Gasteiger partial charge is 0.457 e. The van der Waals surface area contributed by atoms with E-state index in [1.807, 2.05) is 0 Å². The van der Waals surface area contributed by atoms with E-state index in [-0.39, 0.29) is 12.2 Å². The number of carbonyl (C=O) groups is 1. The van der Waals surface area contributed by atoms with Gasteiger partial charge in [0.25, 0.3) is 0 Å². The van der Waals surface area contributed by atoms with Crippen molar-refractivity contribution in [1.82, 2.24) is 0 Å². The zero-order valence-corrected chi connectivity index (χ0v) is 9.70. The molecule has 0 aliphatic heterocycles. The average Bonchev–Trinajstić information content (AvgIpc) is 2.37. The Hall–Kier alpha value is -2.30. The van der Waals surface area contributed by atoms with Crippen molar-refractivity contribution in [1.29, 1.82) is 0 Å². The fourth-order valence-corrected chi connectivity index (χ4v) is 1.46. The monoisotopic (exact) mass is 266 g/mol. The van der Waals surface area contributed by atoms with Crippen molar-refractivity contribution in [2.24, 2.45) is 0 Å². The SMILES string of the molecule is O=C(OCc1ccc(F)cc1)c1ccc(F)cc1F. The van der Waals surface area contributed by atoms with Gasteiger partial charge in [0.2, 0.25) is 0 Å². The van der Waals surface area contributed by atoms with E-state index in [4.69, 9.17) is 4.74 Å². The first-order chi connectivity index (χ1) is 9.06. The molecule has 0 saturated carbocycles. The Bertz CT molecular complexity index is 594. The summed E-state index contributed by atoms with van der Waals surface area (Å²) in [5.74, 6) is -3.06. The van der Waals surface area contributed by atoms with Gasteiger partial charge in [-0.05, 0) is 29.8 Å². The minimum absolute atomic E-state index is 0.115. The van der Waals surface area contributed by atoms with E-state index >= 15 is 0 Å². The highest BCUT2D eigenvalue weighted by atomic mass is 19.1. The second kappa shape index (κ2) is 5.56. The van der Waals surface area contributed by atoms with Crippen molar-refractivity contribution in [2.45, 2.75) is 6.61 Å². The summed E-state index contributed by atoms with van der Waals surface area (Å²) in [6.07, 6.45) is 0. The molecule has 0 saturated heterocycles. The summed E-state index contributed by atoms with van der Waals surface area (Å²) in [5.41, 5.74) is 0.223. The highest BCUT2D eigenvalue weighted by molar-refractivity contribution is 5.89. The Morgan fingerprint density at radius 1 is 0.947 bits per heavy atom. The van der Waals surface area contributed by atoms with Gasteiger partial charge in [-0.2, -0.15) is 0 Å². The predicted octanol–water partition coefficient (Wildman–Crippen LogP) is 3.46. The summed E-state index contributed by atoms with van der Waals surface area (Å²) in [6, 6.07) is 7.93. The number of ether oxygens (including phenoxy) is 1. The maximum atomic E-state index is 13.3. The van der Waals surface area contributed by atoms with E-state index in [0.29, 0.717) is 11.6 Å². The summed E-state index contributed by atoms with van der Waals surface area (Å²) >= 11 is 0. The molecule has 0 amide bonds. The molecule has 0 unspecified atom stereocenters. The summed E-state index contributed by atoms with van der Waals surface area (Å²) in [6.45, 7) is -0.115. The smallest absolute Gasteiger partial charge is 0.341 e. The van der Waals surface area contributed by atoms with Gasteiger partial charge in [-0.1, -0.05) is 12.1 Å². The average molecular weight is 266 g/mol. The van der Waals surface area contributed by atoms with Crippen molar-refractivity contribution < 1.29 is 22.7 Å². The van der Waals surface area contributed by atoms with Gasteiger partial charge in [0.1, 0.15) is 24.1 Å². The van der Waals surface area contributed by atoms with E-state index in [1.165, 1.54) is 24.3 Å². The van der Waals surface area contributed by atoms with Gasteiger partial charge in [-0.3, -0.25) is 0 Å². The zero-order chi connectivity index (χ0) is 13.8. The molecule has 0 heterocycles. The van der Waals surface area contributed by atoms with Crippen LogP contribution in [0, 0.1) is 17.5 Å². The van der Waals surface area contributed by atoms with Crippen molar-refractivity contribution in [3.05, 3.63) is 71.0 Å². The molecule has 2 aromatic rings. The van der Waals surface area contributed by atoms with Crippen LogP contribution >= 0.6 is 0 Å². The summed E-state index contributed by atoms with van der Waals surface area (Å²) < 4.78 is 43.5. The molecule has 0 atom stereocenters. The Morgan fingerprint density at radius 2 is 1.58 bits per heavy atom. The van der Waals surface area contributed by atoms with Crippen molar-refractivity contribution in [3.63, 3.8) is 0 Å². The molecular weight excluding hydrogens is 257 g/mol. The summed E-state index contributed by atoms with van der Waals surface area (Å²) in [4.78, 5) is 11.6. The molecule has 0 bridgehead atoms. The quantitative estimate of drug-likeness (QED) is 0.795. The number of benzene rings is 2. The van der Waals surface area contributed by atoms with E-state index in [9.17, 15) is 18.0 Å². The molecule has 0 fully saturated rings. The van der Waals surface area contributed by atoms with Crippen LogP contribution in [0.4, 0.5) is 13.2 Å². The van der Waals surface area contributed by atoms with E-state index in [1.54, 1.807) is 0 Å². The molecule has 0 aliphatic carbocycles. The molecule has 0 aromatic heterocycles. The molecule has 0 aliphatic rings. The summed E-state index contributed by atoms with van der Waals surface area (Å²) in [7, 11) is 0. The van der Waals surface area contributed by atoms with Gasteiger partial charge < -0.3 is 4.74 Å². The lowest BCUT2D eigenvalue weighted by Gasteiger charge is -2.05. The number of hydrogen-bond donors (Lipinski definition) is 0. The van der Waals surface area contributed by atoms with Crippen LogP contribution in [-0.2, 0) is 11.3 Å². The van der Waals surface area contributed by atoms with Gasteiger partial charge in [0, 0.05) is 6.07 Å². The zero-order valence-electron chi connectivity index (χ0n) is 9.70.